The van der Waals surface area contributed by atoms with Gasteiger partial charge in [-0.05, 0) is 11.6 Å². The second kappa shape index (κ2) is 9.94. The molecule has 1 aliphatic rings. The van der Waals surface area contributed by atoms with Gasteiger partial charge >= 0.3 is 17.9 Å². The number of benzene rings is 2. The Morgan fingerprint density at radius 3 is 2.25 bits per heavy atom. The van der Waals surface area contributed by atoms with Crippen molar-refractivity contribution >= 4 is 29.3 Å². The number of aromatic carboxylic acids is 1. The standard InChI is InChI=1S/C23H17FN4O8/c1-35-22(31)17-15(11-6-4-3-5-7-11)12(10-25)20(26)27(19(17)23(32)36-2)18-14(28(33)34)9-8-13(24)16(18)21(29)30/h3-9,15H,26H2,1-2H3,(H,29,30). The molecule has 1 atom stereocenters. The molecule has 3 N–H and O–H groups in total. The number of carboxylic acids is 1. The van der Waals surface area contributed by atoms with Crippen molar-refractivity contribution in [2.24, 2.45) is 5.73 Å². The van der Waals surface area contributed by atoms with Gasteiger partial charge in [0, 0.05) is 6.07 Å². The first-order valence-corrected chi connectivity index (χ1v) is 9.96. The molecule has 2 aromatic rings. The maximum absolute atomic E-state index is 14.7. The van der Waals surface area contributed by atoms with E-state index < -0.39 is 68.6 Å². The lowest BCUT2D eigenvalue weighted by Crippen LogP contribution is -2.41. The summed E-state index contributed by atoms with van der Waals surface area (Å²) >= 11 is 0. The van der Waals surface area contributed by atoms with Gasteiger partial charge in [-0.25, -0.2) is 18.8 Å². The Balaban J connectivity index is 2.60. The number of nitro groups is 1. The quantitative estimate of drug-likeness (QED) is 0.339. The van der Waals surface area contributed by atoms with Crippen LogP contribution in [0.2, 0.25) is 0 Å². The van der Waals surface area contributed by atoms with Crippen molar-refractivity contribution in [1.29, 1.82) is 5.26 Å². The number of allylic oxidation sites excluding steroid dienone is 1. The van der Waals surface area contributed by atoms with Crippen LogP contribution in [0.25, 0.3) is 0 Å². The monoisotopic (exact) mass is 496 g/mol. The Morgan fingerprint density at radius 1 is 1.14 bits per heavy atom. The normalized spacial score (nSPS) is 15.3. The topological polar surface area (TPSA) is 186 Å². The van der Waals surface area contributed by atoms with Crippen LogP contribution in [-0.4, -0.2) is 42.2 Å². The molecule has 0 saturated carbocycles. The van der Waals surface area contributed by atoms with E-state index in [0.717, 1.165) is 14.2 Å². The van der Waals surface area contributed by atoms with Crippen LogP contribution < -0.4 is 10.6 Å². The molecule has 1 aliphatic heterocycles. The molecule has 2 aromatic carbocycles. The van der Waals surface area contributed by atoms with Crippen molar-refractivity contribution < 1.29 is 38.3 Å². The van der Waals surface area contributed by atoms with Gasteiger partial charge in [0.05, 0.1) is 42.3 Å². The van der Waals surface area contributed by atoms with Gasteiger partial charge in [-0.15, -0.1) is 0 Å². The Bertz CT molecular complexity index is 1390. The summed E-state index contributed by atoms with van der Waals surface area (Å²) < 4.78 is 24.3. The van der Waals surface area contributed by atoms with E-state index >= 15 is 0 Å². The van der Waals surface area contributed by atoms with Crippen LogP contribution in [0.3, 0.4) is 0 Å². The van der Waals surface area contributed by atoms with Gasteiger partial charge in [0.15, 0.2) is 0 Å². The van der Waals surface area contributed by atoms with E-state index in [2.05, 4.69) is 0 Å². The smallest absolute Gasteiger partial charge is 0.355 e. The molecule has 0 saturated heterocycles. The van der Waals surface area contributed by atoms with E-state index in [-0.39, 0.29) is 5.57 Å². The molecular weight excluding hydrogens is 479 g/mol. The summed E-state index contributed by atoms with van der Waals surface area (Å²) in [6.45, 7) is 0. The van der Waals surface area contributed by atoms with E-state index in [9.17, 15) is 39.3 Å². The van der Waals surface area contributed by atoms with Crippen LogP contribution in [0, 0.1) is 27.3 Å². The summed E-state index contributed by atoms with van der Waals surface area (Å²) in [7, 11) is 1.91. The summed E-state index contributed by atoms with van der Waals surface area (Å²) in [5, 5.41) is 31.5. The van der Waals surface area contributed by atoms with Crippen molar-refractivity contribution in [2.75, 3.05) is 19.1 Å². The maximum atomic E-state index is 14.7. The molecule has 184 valence electrons. The summed E-state index contributed by atoms with van der Waals surface area (Å²) in [6, 6.07) is 10.9. The molecule has 1 unspecified atom stereocenters. The average Bonchev–Trinajstić information content (AvgIpc) is 2.86. The van der Waals surface area contributed by atoms with Crippen LogP contribution >= 0.6 is 0 Å². The van der Waals surface area contributed by atoms with Gasteiger partial charge in [0.2, 0.25) is 0 Å². The number of carbonyl (C=O) groups is 3. The van der Waals surface area contributed by atoms with Crippen molar-refractivity contribution in [1.82, 2.24) is 0 Å². The van der Waals surface area contributed by atoms with Crippen LogP contribution in [0.1, 0.15) is 21.8 Å². The molecule has 1 heterocycles. The Hall–Kier alpha value is -5.25. The lowest BCUT2D eigenvalue weighted by molar-refractivity contribution is -0.384. The molecule has 0 amide bonds. The largest absolute Gasteiger partial charge is 0.478 e. The summed E-state index contributed by atoms with van der Waals surface area (Å²) in [6.07, 6.45) is 0. The molecule has 0 aliphatic carbocycles. The maximum Gasteiger partial charge on any atom is 0.355 e. The van der Waals surface area contributed by atoms with Crippen LogP contribution in [0.5, 0.6) is 0 Å². The van der Waals surface area contributed by atoms with E-state index in [1.54, 1.807) is 18.2 Å². The van der Waals surface area contributed by atoms with Crippen molar-refractivity contribution in [3.63, 3.8) is 0 Å². The number of nitro benzene ring substituents is 1. The van der Waals surface area contributed by atoms with Gasteiger partial charge in [-0.1, -0.05) is 30.3 Å². The van der Waals surface area contributed by atoms with E-state index in [1.807, 2.05) is 6.07 Å². The molecule has 0 fully saturated rings. The molecule has 13 heteroatoms. The first kappa shape index (κ1) is 25.4. The number of esters is 2. The molecule has 0 aromatic heterocycles. The number of hydrogen-bond donors (Lipinski definition) is 2. The molecule has 36 heavy (non-hydrogen) atoms. The van der Waals surface area contributed by atoms with Crippen LogP contribution in [0.15, 0.2) is 65.1 Å². The fourth-order valence-electron chi connectivity index (χ4n) is 3.88. The van der Waals surface area contributed by atoms with Crippen molar-refractivity contribution in [3.05, 3.63) is 92.2 Å². The van der Waals surface area contributed by atoms with E-state index in [0.29, 0.717) is 22.6 Å². The number of halogens is 1. The number of anilines is 1. The van der Waals surface area contributed by atoms with Gasteiger partial charge in [-0.2, -0.15) is 5.26 Å². The number of carboxylic acid groups (broad SMARTS) is 1. The molecule has 12 nitrogen and oxygen atoms in total. The third-order valence-corrected chi connectivity index (χ3v) is 5.35. The lowest BCUT2D eigenvalue weighted by Gasteiger charge is -2.36. The minimum absolute atomic E-state index is 0.311. The van der Waals surface area contributed by atoms with Crippen LogP contribution in [-0.2, 0) is 19.1 Å². The summed E-state index contributed by atoms with van der Waals surface area (Å²) in [5.41, 5.74) is 1.63. The highest BCUT2D eigenvalue weighted by molar-refractivity contribution is 6.09. The highest BCUT2D eigenvalue weighted by atomic mass is 19.1. The predicted octanol–water partition coefficient (Wildman–Crippen LogP) is 2.33. The Kier molecular flexibility index (Phi) is 7.00. The fourth-order valence-corrected chi connectivity index (χ4v) is 3.88. The molecular formula is C23H17FN4O8. The zero-order valence-corrected chi connectivity index (χ0v) is 18.7. The Labute approximate surface area is 202 Å². The number of methoxy groups -OCH3 is 2. The SMILES string of the molecule is COC(=O)C1=C(C(=O)OC)N(c2c([N+](=O)[O-])ccc(F)c2C(=O)O)C(N)=C(C#N)C1c1ccccc1. The average molecular weight is 496 g/mol. The molecule has 3 rings (SSSR count). The third kappa shape index (κ3) is 4.07. The lowest BCUT2D eigenvalue weighted by atomic mass is 9.80. The highest BCUT2D eigenvalue weighted by Gasteiger charge is 2.46. The number of carbonyl (C=O) groups excluding carboxylic acids is 2. The van der Waals surface area contributed by atoms with Gasteiger partial charge in [0.1, 0.15) is 28.6 Å². The number of ether oxygens (including phenoxy) is 2. The van der Waals surface area contributed by atoms with Crippen molar-refractivity contribution in [3.8, 4) is 6.07 Å². The highest BCUT2D eigenvalue weighted by Crippen LogP contribution is 2.46. The van der Waals surface area contributed by atoms with Crippen molar-refractivity contribution in [2.45, 2.75) is 5.92 Å². The minimum Gasteiger partial charge on any atom is -0.478 e. The van der Waals surface area contributed by atoms with Gasteiger partial charge in [0.25, 0.3) is 5.69 Å². The van der Waals surface area contributed by atoms with E-state index in [4.69, 9.17) is 15.2 Å². The number of nitrogens with zero attached hydrogens (tertiary/aromatic N) is 3. The van der Waals surface area contributed by atoms with Gasteiger partial charge < -0.3 is 20.3 Å². The number of nitriles is 1. The number of rotatable bonds is 6. The second-order valence-electron chi connectivity index (χ2n) is 7.19. The zero-order chi connectivity index (χ0) is 26.7. The zero-order valence-electron chi connectivity index (χ0n) is 18.7. The number of nitrogens with two attached hydrogens (primary N) is 1. The fraction of sp³-hybridized carbons (Fsp3) is 0.130. The first-order valence-electron chi connectivity index (χ1n) is 9.96. The number of hydrogen-bond acceptors (Lipinski definition) is 10. The minimum atomic E-state index is -1.94. The summed E-state index contributed by atoms with van der Waals surface area (Å²) in [4.78, 5) is 49.3. The molecule has 0 spiro atoms. The van der Waals surface area contributed by atoms with Crippen LogP contribution in [0.4, 0.5) is 15.8 Å². The second-order valence-corrected chi connectivity index (χ2v) is 7.19. The summed E-state index contributed by atoms with van der Waals surface area (Å²) in [5.74, 6) is -7.74. The Morgan fingerprint density at radius 2 is 1.75 bits per heavy atom. The third-order valence-electron chi connectivity index (χ3n) is 5.35. The first-order chi connectivity index (χ1) is 17.1. The molecule has 0 bridgehead atoms. The van der Waals surface area contributed by atoms with E-state index in [1.165, 1.54) is 12.1 Å². The predicted molar refractivity (Wildman–Crippen MR) is 120 cm³/mol. The van der Waals surface area contributed by atoms with Gasteiger partial charge in [-0.3, -0.25) is 15.0 Å². The molecule has 0 radical (unpaired) electrons.